The minimum atomic E-state index is 0.402. The van der Waals surface area contributed by atoms with Gasteiger partial charge in [0.05, 0.1) is 11.4 Å². The first kappa shape index (κ1) is 19.9. The Balaban J connectivity index is 1.67. The number of imidazole rings is 1. The minimum absolute atomic E-state index is 0.402. The predicted molar refractivity (Wildman–Crippen MR) is 114 cm³/mol. The number of hydrogen-bond acceptors (Lipinski definition) is 3. The first-order valence-corrected chi connectivity index (χ1v) is 9.92. The van der Waals surface area contributed by atoms with Gasteiger partial charge in [-0.15, -0.1) is 0 Å². The van der Waals surface area contributed by atoms with Crippen LogP contribution in [0.3, 0.4) is 0 Å². The summed E-state index contributed by atoms with van der Waals surface area (Å²) in [6, 6.07) is 6.04. The van der Waals surface area contributed by atoms with Gasteiger partial charge in [0.2, 0.25) is 0 Å². The van der Waals surface area contributed by atoms with E-state index in [4.69, 9.17) is 4.99 Å². The smallest absolute Gasteiger partial charge is 0.193 e. The second-order valence-corrected chi connectivity index (χ2v) is 7.41. The summed E-state index contributed by atoms with van der Waals surface area (Å²) < 4.78 is 3.94. The monoisotopic (exact) mass is 381 g/mol. The molecule has 0 aliphatic rings. The lowest BCUT2D eigenvalue weighted by Gasteiger charge is -2.22. The third kappa shape index (κ3) is 4.71. The average Bonchev–Trinajstić information content (AvgIpc) is 3.23. The van der Waals surface area contributed by atoms with Gasteiger partial charge in [-0.25, -0.2) is 4.98 Å². The number of aromatic nitrogens is 4. The van der Waals surface area contributed by atoms with Gasteiger partial charge in [-0.3, -0.25) is 9.67 Å². The van der Waals surface area contributed by atoms with Crippen molar-refractivity contribution in [2.45, 2.75) is 39.7 Å². The molecule has 7 heteroatoms. The molecule has 3 aromatic rings. The molecule has 0 fully saturated rings. The number of nitrogens with one attached hydrogen (secondary N) is 1. The van der Waals surface area contributed by atoms with Gasteiger partial charge in [0.1, 0.15) is 5.65 Å². The zero-order valence-corrected chi connectivity index (χ0v) is 17.6. The summed E-state index contributed by atoms with van der Waals surface area (Å²) in [5.41, 5.74) is 4.42. The van der Waals surface area contributed by atoms with Gasteiger partial charge in [0, 0.05) is 64.3 Å². The highest BCUT2D eigenvalue weighted by Gasteiger charge is 2.15. The molecule has 0 aliphatic heterocycles. The van der Waals surface area contributed by atoms with Crippen LogP contribution in [0.1, 0.15) is 43.6 Å². The van der Waals surface area contributed by atoms with Crippen molar-refractivity contribution < 1.29 is 0 Å². The number of fused-ring (bicyclic) bond motifs is 1. The molecule has 0 amide bonds. The second kappa shape index (κ2) is 8.91. The van der Waals surface area contributed by atoms with E-state index in [9.17, 15) is 0 Å². The molecule has 1 N–H and O–H groups in total. The normalized spacial score (nSPS) is 12.1. The van der Waals surface area contributed by atoms with Crippen molar-refractivity contribution >= 4 is 11.6 Å². The van der Waals surface area contributed by atoms with Crippen molar-refractivity contribution in [3.8, 4) is 0 Å². The molecule has 0 aliphatic carbocycles. The summed E-state index contributed by atoms with van der Waals surface area (Å²) in [5, 5.41) is 8.00. The Hall–Kier alpha value is -2.83. The lowest BCUT2D eigenvalue weighted by molar-refractivity contribution is 0.473. The van der Waals surface area contributed by atoms with E-state index in [0.29, 0.717) is 12.5 Å². The van der Waals surface area contributed by atoms with Crippen molar-refractivity contribution in [3.05, 3.63) is 53.7 Å². The van der Waals surface area contributed by atoms with Crippen LogP contribution in [0.5, 0.6) is 0 Å². The summed E-state index contributed by atoms with van der Waals surface area (Å²) in [6.07, 6.45) is 7.01. The molecular formula is C21H31N7. The molecule has 150 valence electrons. The molecule has 0 radical (unpaired) electrons. The summed E-state index contributed by atoms with van der Waals surface area (Å²) >= 11 is 0. The largest absolute Gasteiger partial charge is 0.357 e. The SMILES string of the molecule is CCNC(=NCCc1cn2ccccc2n1)N(C)Cc1cn(C)nc1C(C)C. The highest BCUT2D eigenvalue weighted by Crippen LogP contribution is 2.18. The zero-order chi connectivity index (χ0) is 20.1. The van der Waals surface area contributed by atoms with Crippen molar-refractivity contribution in [3.63, 3.8) is 0 Å². The fourth-order valence-corrected chi connectivity index (χ4v) is 3.35. The Morgan fingerprint density at radius 3 is 2.82 bits per heavy atom. The van der Waals surface area contributed by atoms with Crippen molar-refractivity contribution in [2.24, 2.45) is 12.0 Å². The van der Waals surface area contributed by atoms with Gasteiger partial charge in [0.15, 0.2) is 5.96 Å². The van der Waals surface area contributed by atoms with Crippen molar-refractivity contribution in [1.82, 2.24) is 29.4 Å². The standard InChI is InChI=1S/C21H31N7/c1-6-22-21(26(4)13-17-14-27(5)25-20(17)16(2)3)23-11-10-18-15-28-12-8-7-9-19(28)24-18/h7-9,12,14-16H,6,10-11,13H2,1-5H3,(H,22,23). The van der Waals surface area contributed by atoms with E-state index in [1.54, 1.807) is 0 Å². The van der Waals surface area contributed by atoms with Crippen LogP contribution < -0.4 is 5.32 Å². The lowest BCUT2D eigenvalue weighted by atomic mass is 10.1. The Bertz CT molecular complexity index is 902. The fourth-order valence-electron chi connectivity index (χ4n) is 3.35. The maximum Gasteiger partial charge on any atom is 0.193 e. The van der Waals surface area contributed by atoms with Gasteiger partial charge >= 0.3 is 0 Å². The van der Waals surface area contributed by atoms with Crippen LogP contribution in [-0.2, 0) is 20.0 Å². The summed E-state index contributed by atoms with van der Waals surface area (Å²) in [6.45, 7) is 8.76. The molecule has 3 heterocycles. The minimum Gasteiger partial charge on any atom is -0.357 e. The lowest BCUT2D eigenvalue weighted by Crippen LogP contribution is -2.38. The number of aliphatic imine (C=N–C) groups is 1. The fraction of sp³-hybridized carbons (Fsp3) is 0.476. The molecule has 7 nitrogen and oxygen atoms in total. The zero-order valence-electron chi connectivity index (χ0n) is 17.6. The molecular weight excluding hydrogens is 350 g/mol. The first-order chi connectivity index (χ1) is 13.5. The summed E-state index contributed by atoms with van der Waals surface area (Å²) in [7, 11) is 4.05. The van der Waals surface area contributed by atoms with Crippen molar-refractivity contribution in [2.75, 3.05) is 20.1 Å². The molecule has 0 bridgehead atoms. The Morgan fingerprint density at radius 2 is 2.11 bits per heavy atom. The van der Waals surface area contributed by atoms with E-state index in [0.717, 1.165) is 42.5 Å². The quantitative estimate of drug-likeness (QED) is 0.505. The molecule has 0 saturated heterocycles. The van der Waals surface area contributed by atoms with Crippen LogP contribution in [0.4, 0.5) is 0 Å². The van der Waals surface area contributed by atoms with E-state index in [2.05, 4.69) is 60.5 Å². The summed E-state index contributed by atoms with van der Waals surface area (Å²) in [5.74, 6) is 1.31. The van der Waals surface area contributed by atoms with Crippen LogP contribution in [-0.4, -0.2) is 50.2 Å². The number of aryl methyl sites for hydroxylation is 1. The number of rotatable bonds is 7. The van der Waals surface area contributed by atoms with E-state index in [-0.39, 0.29) is 0 Å². The second-order valence-electron chi connectivity index (χ2n) is 7.41. The molecule has 0 atom stereocenters. The highest BCUT2D eigenvalue weighted by atomic mass is 15.3. The van der Waals surface area contributed by atoms with Crippen LogP contribution in [0.2, 0.25) is 0 Å². The molecule has 0 unspecified atom stereocenters. The van der Waals surface area contributed by atoms with Gasteiger partial charge in [0.25, 0.3) is 0 Å². The molecule has 3 aromatic heterocycles. The Labute approximate surface area is 167 Å². The number of hydrogen-bond donors (Lipinski definition) is 1. The van der Waals surface area contributed by atoms with E-state index >= 15 is 0 Å². The van der Waals surface area contributed by atoms with Crippen molar-refractivity contribution in [1.29, 1.82) is 0 Å². The molecule has 0 aromatic carbocycles. The van der Waals surface area contributed by atoms with Crippen LogP contribution in [0.25, 0.3) is 5.65 Å². The molecule has 0 spiro atoms. The third-order valence-corrected chi connectivity index (χ3v) is 4.63. The van der Waals surface area contributed by atoms with Gasteiger partial charge in [-0.2, -0.15) is 5.10 Å². The maximum absolute atomic E-state index is 4.81. The van der Waals surface area contributed by atoms with E-state index < -0.39 is 0 Å². The topological polar surface area (TPSA) is 62.8 Å². The first-order valence-electron chi connectivity index (χ1n) is 9.92. The van der Waals surface area contributed by atoms with Gasteiger partial charge in [-0.1, -0.05) is 19.9 Å². The van der Waals surface area contributed by atoms with Crippen LogP contribution in [0.15, 0.2) is 41.8 Å². The predicted octanol–water partition coefficient (Wildman–Crippen LogP) is 2.83. The van der Waals surface area contributed by atoms with Gasteiger partial charge < -0.3 is 14.6 Å². The molecule has 3 rings (SSSR count). The van der Waals surface area contributed by atoms with Crippen LogP contribution >= 0.6 is 0 Å². The number of nitrogens with zero attached hydrogens (tertiary/aromatic N) is 6. The van der Waals surface area contributed by atoms with Gasteiger partial charge in [-0.05, 0) is 25.0 Å². The molecule has 28 heavy (non-hydrogen) atoms. The van der Waals surface area contributed by atoms with E-state index in [1.165, 1.54) is 5.56 Å². The summed E-state index contributed by atoms with van der Waals surface area (Å²) in [4.78, 5) is 11.6. The van der Waals surface area contributed by atoms with E-state index in [1.807, 2.05) is 40.5 Å². The number of pyridine rings is 1. The van der Waals surface area contributed by atoms with Crippen LogP contribution in [0, 0.1) is 0 Å². The molecule has 0 saturated carbocycles. The Morgan fingerprint density at radius 1 is 1.29 bits per heavy atom. The Kier molecular flexibility index (Phi) is 6.34. The maximum atomic E-state index is 4.81. The number of guanidine groups is 1. The highest BCUT2D eigenvalue weighted by molar-refractivity contribution is 5.79. The third-order valence-electron chi connectivity index (χ3n) is 4.63. The average molecular weight is 382 g/mol.